The number of pyridine rings is 2. The first-order valence-electron chi connectivity index (χ1n) is 10.4. The van der Waals surface area contributed by atoms with Crippen molar-refractivity contribution in [1.29, 1.82) is 0 Å². The Morgan fingerprint density at radius 3 is 2.91 bits per heavy atom. The number of imidazole rings is 1. The van der Waals surface area contributed by atoms with Crippen LogP contribution in [0.3, 0.4) is 0 Å². The van der Waals surface area contributed by atoms with Crippen molar-refractivity contribution < 1.29 is 4.74 Å². The summed E-state index contributed by atoms with van der Waals surface area (Å²) >= 11 is 13.2. The summed E-state index contributed by atoms with van der Waals surface area (Å²) in [6, 6.07) is 8.01. The number of anilines is 1. The van der Waals surface area contributed by atoms with Gasteiger partial charge in [0.05, 0.1) is 22.1 Å². The molecule has 1 saturated heterocycles. The molecule has 2 N–H and O–H groups in total. The van der Waals surface area contributed by atoms with Crippen LogP contribution in [-0.4, -0.2) is 38.7 Å². The number of para-hydroxylation sites is 1. The van der Waals surface area contributed by atoms with Crippen LogP contribution in [0.5, 0.6) is 5.75 Å². The van der Waals surface area contributed by atoms with Gasteiger partial charge in [-0.1, -0.05) is 35.3 Å². The normalized spacial score (nSPS) is 16.1. The van der Waals surface area contributed by atoms with Crippen LogP contribution in [0.2, 0.25) is 10.0 Å². The average molecular weight is 469 g/mol. The highest BCUT2D eigenvalue weighted by Gasteiger charge is 2.24. The van der Waals surface area contributed by atoms with Crippen molar-refractivity contribution in [2.45, 2.75) is 26.0 Å². The minimum absolute atomic E-state index is 0.123. The Morgan fingerprint density at radius 2 is 2.16 bits per heavy atom. The van der Waals surface area contributed by atoms with E-state index < -0.39 is 0 Å². The van der Waals surface area contributed by atoms with Gasteiger partial charge in [0.15, 0.2) is 0 Å². The van der Waals surface area contributed by atoms with Gasteiger partial charge in [-0.05, 0) is 25.5 Å². The number of nitrogens with two attached hydrogens (primary N) is 1. The Hall–Kier alpha value is -2.87. The molecule has 0 amide bonds. The zero-order valence-electron chi connectivity index (χ0n) is 17.5. The van der Waals surface area contributed by atoms with Crippen molar-refractivity contribution in [2.75, 3.05) is 18.0 Å². The maximum atomic E-state index is 6.71. The summed E-state index contributed by atoms with van der Waals surface area (Å²) in [7, 11) is 0. The number of aryl methyl sites for hydroxylation is 1. The highest BCUT2D eigenvalue weighted by Crippen LogP contribution is 2.35. The molecule has 0 saturated carbocycles. The number of hydrogen-bond acceptors (Lipinski definition) is 6. The van der Waals surface area contributed by atoms with Crippen LogP contribution in [-0.2, 0) is 6.61 Å². The number of halogens is 2. The molecule has 0 radical (unpaired) electrons. The molecule has 1 aliphatic rings. The molecule has 5 rings (SSSR count). The molecule has 7 nitrogen and oxygen atoms in total. The van der Waals surface area contributed by atoms with Crippen LogP contribution >= 0.6 is 23.2 Å². The van der Waals surface area contributed by atoms with E-state index in [0.717, 1.165) is 41.8 Å². The molecule has 1 fully saturated rings. The van der Waals surface area contributed by atoms with Crippen molar-refractivity contribution in [3.05, 3.63) is 70.5 Å². The summed E-state index contributed by atoms with van der Waals surface area (Å²) in [6.07, 6.45) is 7.95. The lowest BCUT2D eigenvalue weighted by Crippen LogP contribution is -2.27. The molecule has 4 heterocycles. The summed E-state index contributed by atoms with van der Waals surface area (Å²) in [5, 5.41) is 1.92. The first kappa shape index (κ1) is 21.0. The summed E-state index contributed by atoms with van der Waals surface area (Å²) < 4.78 is 8.17. The smallest absolute Gasteiger partial charge is 0.147 e. The largest absolute Gasteiger partial charge is 0.487 e. The third-order valence-corrected chi connectivity index (χ3v) is 6.36. The Kier molecular flexibility index (Phi) is 5.63. The molecule has 0 aliphatic carbocycles. The SMILES string of the molecule is Cc1cc(-n2ccnc2)c2cccc(OCc3c(Cl)cnc(N4CC[C@H](N)C4)c3Cl)c2n1. The minimum Gasteiger partial charge on any atom is -0.487 e. The van der Waals surface area contributed by atoms with E-state index in [9.17, 15) is 0 Å². The number of aromatic nitrogens is 4. The molecule has 1 atom stereocenters. The lowest BCUT2D eigenvalue weighted by atomic mass is 10.1. The second-order valence-corrected chi connectivity index (χ2v) is 8.70. The summed E-state index contributed by atoms with van der Waals surface area (Å²) in [6.45, 7) is 3.69. The predicted octanol–water partition coefficient (Wildman–Crippen LogP) is 4.55. The Labute approximate surface area is 195 Å². The third kappa shape index (κ3) is 3.88. The molecule has 3 aromatic heterocycles. The van der Waals surface area contributed by atoms with Gasteiger partial charge in [-0.2, -0.15) is 0 Å². The minimum atomic E-state index is 0.123. The van der Waals surface area contributed by atoms with E-state index in [0.29, 0.717) is 27.2 Å². The van der Waals surface area contributed by atoms with E-state index in [1.807, 2.05) is 42.0 Å². The maximum Gasteiger partial charge on any atom is 0.147 e. The van der Waals surface area contributed by atoms with Crippen LogP contribution in [0.15, 0.2) is 49.2 Å². The molecule has 164 valence electrons. The molecule has 0 bridgehead atoms. The van der Waals surface area contributed by atoms with Gasteiger partial charge in [0.25, 0.3) is 0 Å². The van der Waals surface area contributed by atoms with Crippen molar-refractivity contribution in [3.63, 3.8) is 0 Å². The first-order chi connectivity index (χ1) is 15.5. The third-order valence-electron chi connectivity index (χ3n) is 5.64. The number of fused-ring (bicyclic) bond motifs is 1. The van der Waals surface area contributed by atoms with E-state index in [2.05, 4.69) is 14.9 Å². The Balaban J connectivity index is 1.49. The van der Waals surface area contributed by atoms with E-state index in [1.165, 1.54) is 0 Å². The molecule has 0 unspecified atom stereocenters. The van der Waals surface area contributed by atoms with Crippen LogP contribution in [0, 0.1) is 6.92 Å². The van der Waals surface area contributed by atoms with Gasteiger partial charge >= 0.3 is 0 Å². The Bertz CT molecular complexity index is 1280. The highest BCUT2D eigenvalue weighted by atomic mass is 35.5. The first-order valence-corrected chi connectivity index (χ1v) is 11.1. The van der Waals surface area contributed by atoms with Crippen LogP contribution in [0.1, 0.15) is 17.7 Å². The molecular weight excluding hydrogens is 447 g/mol. The molecule has 1 aliphatic heterocycles. The van der Waals surface area contributed by atoms with Gasteiger partial charge in [0.1, 0.15) is 23.7 Å². The average Bonchev–Trinajstić information content (AvgIpc) is 3.45. The van der Waals surface area contributed by atoms with E-state index in [4.69, 9.17) is 38.7 Å². The molecule has 32 heavy (non-hydrogen) atoms. The van der Waals surface area contributed by atoms with E-state index in [1.54, 1.807) is 18.7 Å². The fourth-order valence-corrected chi connectivity index (χ4v) is 4.61. The zero-order chi connectivity index (χ0) is 22.2. The highest BCUT2D eigenvalue weighted by molar-refractivity contribution is 6.37. The van der Waals surface area contributed by atoms with Gasteiger partial charge in [0.2, 0.25) is 0 Å². The second kappa shape index (κ2) is 8.58. The molecule has 9 heteroatoms. The summed E-state index contributed by atoms with van der Waals surface area (Å²) in [5.41, 5.74) is 9.38. The predicted molar refractivity (Wildman–Crippen MR) is 127 cm³/mol. The van der Waals surface area contributed by atoms with E-state index >= 15 is 0 Å². The van der Waals surface area contributed by atoms with Crippen LogP contribution in [0.4, 0.5) is 5.82 Å². The topological polar surface area (TPSA) is 82.1 Å². The zero-order valence-corrected chi connectivity index (χ0v) is 19.0. The summed E-state index contributed by atoms with van der Waals surface area (Å²) in [5.74, 6) is 1.35. The van der Waals surface area contributed by atoms with Crippen LogP contribution in [0.25, 0.3) is 16.6 Å². The number of rotatable bonds is 5. The Morgan fingerprint density at radius 1 is 1.28 bits per heavy atom. The number of nitrogens with zero attached hydrogens (tertiary/aromatic N) is 5. The number of benzene rings is 1. The van der Waals surface area contributed by atoms with Gasteiger partial charge in [-0.25, -0.2) is 15.0 Å². The number of ether oxygens (including phenoxy) is 1. The maximum absolute atomic E-state index is 6.71. The van der Waals surface area contributed by atoms with Gasteiger partial charge in [-0.15, -0.1) is 0 Å². The molecule has 0 spiro atoms. The van der Waals surface area contributed by atoms with Crippen molar-refractivity contribution in [1.82, 2.24) is 19.5 Å². The van der Waals surface area contributed by atoms with Crippen LogP contribution < -0.4 is 15.4 Å². The molecular formula is C23H22Cl2N6O. The van der Waals surface area contributed by atoms with Gasteiger partial charge in [-0.3, -0.25) is 0 Å². The quantitative estimate of drug-likeness (QED) is 0.462. The second-order valence-electron chi connectivity index (χ2n) is 7.91. The standard InChI is InChI=1S/C23H22Cl2N6O/c1-14-9-19(31-8-6-27-13-31)16-3-2-4-20(22(16)29-14)32-12-17-18(24)10-28-23(21(17)25)30-7-5-15(26)11-30/h2-4,6,8-10,13,15H,5,7,11-12,26H2,1H3/t15-/m0/s1. The van der Waals surface area contributed by atoms with Gasteiger partial charge in [0, 0.05) is 54.4 Å². The van der Waals surface area contributed by atoms with Crippen molar-refractivity contribution >= 4 is 39.9 Å². The molecule has 1 aromatic carbocycles. The fourth-order valence-electron chi connectivity index (χ4n) is 4.03. The summed E-state index contributed by atoms with van der Waals surface area (Å²) in [4.78, 5) is 15.4. The fraction of sp³-hybridized carbons (Fsp3) is 0.261. The van der Waals surface area contributed by atoms with Crippen molar-refractivity contribution in [2.24, 2.45) is 5.73 Å². The van der Waals surface area contributed by atoms with Gasteiger partial charge < -0.3 is 19.9 Å². The lowest BCUT2D eigenvalue weighted by molar-refractivity contribution is 0.309. The lowest BCUT2D eigenvalue weighted by Gasteiger charge is -2.20. The number of hydrogen-bond donors (Lipinski definition) is 1. The molecule has 4 aromatic rings. The monoisotopic (exact) mass is 468 g/mol. The van der Waals surface area contributed by atoms with Crippen molar-refractivity contribution in [3.8, 4) is 11.4 Å². The van der Waals surface area contributed by atoms with E-state index in [-0.39, 0.29) is 12.6 Å².